The lowest BCUT2D eigenvalue weighted by Crippen LogP contribution is -2.38. The first-order chi connectivity index (χ1) is 9.70. The molecule has 2 N–H and O–H groups in total. The second-order valence-corrected chi connectivity index (χ2v) is 4.56. The predicted molar refractivity (Wildman–Crippen MR) is 79.2 cm³/mol. The molecule has 0 fully saturated rings. The average Bonchev–Trinajstić information content (AvgIpc) is 2.89. The summed E-state index contributed by atoms with van der Waals surface area (Å²) in [5, 5.41) is 14.4. The second-order valence-electron chi connectivity index (χ2n) is 4.56. The highest BCUT2D eigenvalue weighted by atomic mass is 15.3. The molecule has 0 aliphatic carbocycles. The van der Waals surface area contributed by atoms with Crippen molar-refractivity contribution in [2.24, 2.45) is 12.0 Å². The van der Waals surface area contributed by atoms with Gasteiger partial charge in [0.15, 0.2) is 11.8 Å². The van der Waals surface area contributed by atoms with E-state index < -0.39 is 0 Å². The Morgan fingerprint density at radius 3 is 2.70 bits per heavy atom. The highest BCUT2D eigenvalue weighted by molar-refractivity contribution is 5.80. The first kappa shape index (κ1) is 14.0. The van der Waals surface area contributed by atoms with Crippen LogP contribution in [0.4, 0.5) is 0 Å². The Bertz CT molecular complexity index is 560. The van der Waals surface area contributed by atoms with Crippen LogP contribution in [-0.2, 0) is 13.6 Å². The third kappa shape index (κ3) is 3.57. The minimum atomic E-state index is 0.182. The van der Waals surface area contributed by atoms with Crippen molar-refractivity contribution < 1.29 is 0 Å². The van der Waals surface area contributed by atoms with E-state index in [2.05, 4.69) is 44.9 Å². The van der Waals surface area contributed by atoms with Crippen molar-refractivity contribution in [3.8, 4) is 0 Å². The largest absolute Gasteiger partial charge is 0.350 e. The van der Waals surface area contributed by atoms with Gasteiger partial charge in [-0.05, 0) is 12.5 Å². The minimum Gasteiger partial charge on any atom is -0.350 e. The Morgan fingerprint density at radius 2 is 2.10 bits per heavy atom. The van der Waals surface area contributed by atoms with E-state index in [9.17, 15) is 0 Å². The molecule has 106 valence electrons. The molecule has 0 amide bonds. The molecule has 0 aliphatic heterocycles. The Balaban J connectivity index is 1.91. The summed E-state index contributed by atoms with van der Waals surface area (Å²) in [6.07, 6.45) is 1.68. The summed E-state index contributed by atoms with van der Waals surface area (Å²) in [6, 6.07) is 10.4. The fourth-order valence-electron chi connectivity index (χ4n) is 1.85. The van der Waals surface area contributed by atoms with Gasteiger partial charge < -0.3 is 15.2 Å². The maximum atomic E-state index is 4.22. The van der Waals surface area contributed by atoms with Crippen LogP contribution in [0.15, 0.2) is 41.7 Å². The van der Waals surface area contributed by atoms with Gasteiger partial charge in [0.25, 0.3) is 0 Å². The monoisotopic (exact) mass is 272 g/mol. The first-order valence-electron chi connectivity index (χ1n) is 6.55. The number of hydrogen-bond acceptors (Lipinski definition) is 3. The van der Waals surface area contributed by atoms with E-state index in [0.29, 0.717) is 6.54 Å². The van der Waals surface area contributed by atoms with Crippen LogP contribution in [0.2, 0.25) is 0 Å². The Kier molecular flexibility index (Phi) is 4.70. The fraction of sp³-hybridized carbons (Fsp3) is 0.357. The van der Waals surface area contributed by atoms with Crippen LogP contribution >= 0.6 is 0 Å². The first-order valence-corrected chi connectivity index (χ1v) is 6.55. The maximum Gasteiger partial charge on any atom is 0.191 e. The zero-order chi connectivity index (χ0) is 14.4. The van der Waals surface area contributed by atoms with Gasteiger partial charge in [0, 0.05) is 14.1 Å². The maximum absolute atomic E-state index is 4.22. The zero-order valence-corrected chi connectivity index (χ0v) is 12.0. The molecule has 20 heavy (non-hydrogen) atoms. The highest BCUT2D eigenvalue weighted by Crippen LogP contribution is 2.10. The van der Waals surface area contributed by atoms with Gasteiger partial charge in [-0.25, -0.2) is 0 Å². The fourth-order valence-corrected chi connectivity index (χ4v) is 1.85. The molecule has 2 rings (SSSR count). The van der Waals surface area contributed by atoms with E-state index in [0.717, 1.165) is 11.8 Å². The molecular weight excluding hydrogens is 252 g/mol. The topological polar surface area (TPSA) is 67.1 Å². The van der Waals surface area contributed by atoms with Gasteiger partial charge in [-0.1, -0.05) is 30.3 Å². The van der Waals surface area contributed by atoms with Gasteiger partial charge in [-0.2, -0.15) is 0 Å². The second kappa shape index (κ2) is 6.70. The van der Waals surface area contributed by atoms with Crippen molar-refractivity contribution in [2.45, 2.75) is 19.5 Å². The molecular formula is C14H20N6. The van der Waals surface area contributed by atoms with Gasteiger partial charge in [-0.15, -0.1) is 10.2 Å². The van der Waals surface area contributed by atoms with Gasteiger partial charge in [0.05, 0.1) is 12.6 Å². The number of benzene rings is 1. The summed E-state index contributed by atoms with van der Waals surface area (Å²) >= 11 is 0. The summed E-state index contributed by atoms with van der Waals surface area (Å²) in [6.45, 7) is 2.68. The molecule has 1 heterocycles. The number of aliphatic imine (C=N–C) groups is 1. The molecule has 0 aliphatic rings. The van der Waals surface area contributed by atoms with Crippen LogP contribution in [-0.4, -0.2) is 27.8 Å². The number of rotatable bonds is 4. The highest BCUT2D eigenvalue weighted by Gasteiger charge is 2.08. The zero-order valence-electron chi connectivity index (χ0n) is 12.0. The minimum absolute atomic E-state index is 0.182. The Morgan fingerprint density at radius 1 is 1.35 bits per heavy atom. The van der Waals surface area contributed by atoms with E-state index in [4.69, 9.17) is 0 Å². The van der Waals surface area contributed by atoms with Crippen molar-refractivity contribution in [3.63, 3.8) is 0 Å². The molecule has 0 radical (unpaired) electrons. The van der Waals surface area contributed by atoms with E-state index >= 15 is 0 Å². The Labute approximate surface area is 119 Å². The smallest absolute Gasteiger partial charge is 0.191 e. The Hall–Kier alpha value is -2.37. The third-order valence-corrected chi connectivity index (χ3v) is 3.10. The number of aryl methyl sites for hydroxylation is 1. The van der Waals surface area contributed by atoms with Crippen LogP contribution in [0.5, 0.6) is 0 Å². The third-order valence-electron chi connectivity index (χ3n) is 3.10. The van der Waals surface area contributed by atoms with Gasteiger partial charge in [-0.3, -0.25) is 4.99 Å². The summed E-state index contributed by atoms with van der Waals surface area (Å²) < 4.78 is 1.88. The molecule has 0 bridgehead atoms. The van der Waals surface area contributed by atoms with E-state index in [1.165, 1.54) is 5.56 Å². The number of nitrogens with zero attached hydrogens (tertiary/aromatic N) is 4. The molecule has 6 heteroatoms. The lowest BCUT2D eigenvalue weighted by atomic mass is 10.1. The number of hydrogen-bond donors (Lipinski definition) is 2. The van der Waals surface area contributed by atoms with Gasteiger partial charge in [0.2, 0.25) is 0 Å². The van der Waals surface area contributed by atoms with Crippen molar-refractivity contribution >= 4 is 5.96 Å². The molecule has 0 saturated carbocycles. The molecule has 6 nitrogen and oxygen atoms in total. The molecule has 0 saturated heterocycles. The van der Waals surface area contributed by atoms with Crippen molar-refractivity contribution in [1.29, 1.82) is 0 Å². The molecule has 1 aromatic heterocycles. The van der Waals surface area contributed by atoms with Crippen LogP contribution in [0.3, 0.4) is 0 Å². The van der Waals surface area contributed by atoms with E-state index in [1.54, 1.807) is 13.4 Å². The van der Waals surface area contributed by atoms with E-state index in [-0.39, 0.29) is 6.04 Å². The summed E-state index contributed by atoms with van der Waals surface area (Å²) in [4.78, 5) is 4.22. The van der Waals surface area contributed by atoms with Crippen LogP contribution < -0.4 is 10.6 Å². The van der Waals surface area contributed by atoms with Crippen LogP contribution in [0.25, 0.3) is 0 Å². The lowest BCUT2D eigenvalue weighted by molar-refractivity contribution is 0.669. The van der Waals surface area contributed by atoms with Crippen molar-refractivity contribution in [3.05, 3.63) is 48.0 Å². The summed E-state index contributed by atoms with van der Waals surface area (Å²) in [5.74, 6) is 1.60. The standard InChI is InChI=1S/C14H20N6/c1-11(12-7-5-4-6-8-12)18-14(15-2)16-9-13-19-17-10-20(13)3/h4-8,10-11H,9H2,1-3H3,(H2,15,16,18). The van der Waals surface area contributed by atoms with E-state index in [1.807, 2.05) is 29.8 Å². The van der Waals surface area contributed by atoms with Gasteiger partial charge >= 0.3 is 0 Å². The average molecular weight is 272 g/mol. The van der Waals surface area contributed by atoms with Crippen molar-refractivity contribution in [1.82, 2.24) is 25.4 Å². The quantitative estimate of drug-likeness (QED) is 0.649. The SMILES string of the molecule is CN=C(NCc1nncn1C)NC(C)c1ccccc1. The van der Waals surface area contributed by atoms with Crippen molar-refractivity contribution in [2.75, 3.05) is 7.05 Å². The molecule has 1 unspecified atom stereocenters. The number of nitrogens with one attached hydrogen (secondary N) is 2. The number of aromatic nitrogens is 3. The van der Waals surface area contributed by atoms with Crippen LogP contribution in [0, 0.1) is 0 Å². The lowest BCUT2D eigenvalue weighted by Gasteiger charge is -2.18. The number of guanidine groups is 1. The molecule has 1 aromatic carbocycles. The molecule has 2 aromatic rings. The van der Waals surface area contributed by atoms with Gasteiger partial charge in [0.1, 0.15) is 6.33 Å². The predicted octanol–water partition coefficient (Wildman–Crippen LogP) is 1.24. The normalized spacial score (nSPS) is 13.1. The molecule has 1 atom stereocenters. The van der Waals surface area contributed by atoms with Crippen LogP contribution in [0.1, 0.15) is 24.4 Å². The molecule has 0 spiro atoms. The summed E-state index contributed by atoms with van der Waals surface area (Å²) in [7, 11) is 3.67. The summed E-state index contributed by atoms with van der Waals surface area (Å²) in [5.41, 5.74) is 1.22.